The summed E-state index contributed by atoms with van der Waals surface area (Å²) in [6, 6.07) is 16.1. The SMILES string of the molecule is CCC(C)N(CC(=O)O)C(=O)C12CC(NC(=O)OCC3c4ccccc4-c4ccccc43)CC1C2. The molecule has 35 heavy (non-hydrogen) atoms. The first-order valence-corrected chi connectivity index (χ1v) is 12.5. The summed E-state index contributed by atoms with van der Waals surface area (Å²) in [5, 5.41) is 12.3. The number of carbonyl (C=O) groups is 3. The van der Waals surface area contributed by atoms with Crippen LogP contribution in [0.5, 0.6) is 0 Å². The molecule has 184 valence electrons. The van der Waals surface area contributed by atoms with E-state index in [4.69, 9.17) is 4.74 Å². The van der Waals surface area contributed by atoms with Crippen molar-refractivity contribution in [1.82, 2.24) is 10.2 Å². The van der Waals surface area contributed by atoms with Gasteiger partial charge in [0.2, 0.25) is 5.91 Å². The van der Waals surface area contributed by atoms with Crippen molar-refractivity contribution in [3.8, 4) is 11.1 Å². The van der Waals surface area contributed by atoms with E-state index in [-0.39, 0.29) is 43.0 Å². The molecular weight excluding hydrogens is 444 g/mol. The molecule has 0 heterocycles. The minimum absolute atomic E-state index is 0.00170. The Balaban J connectivity index is 1.20. The standard InChI is InChI=1S/C28H32N2O5/c1-3-17(2)30(15-25(31)32)26(33)28-13-18(28)12-19(14-28)29-27(34)35-16-24-22-10-6-4-8-20(22)21-9-5-7-11-23(21)24/h4-11,17-19,24H,3,12-16H2,1-2H3,(H,29,34)(H,31,32). The molecule has 7 nitrogen and oxygen atoms in total. The Hall–Kier alpha value is -3.35. The van der Waals surface area contributed by atoms with E-state index >= 15 is 0 Å². The summed E-state index contributed by atoms with van der Waals surface area (Å²) in [6.45, 7) is 3.80. The van der Waals surface area contributed by atoms with Crippen LogP contribution in [0.25, 0.3) is 11.1 Å². The number of rotatable bonds is 8. The minimum Gasteiger partial charge on any atom is -0.480 e. The summed E-state index contributed by atoms with van der Waals surface area (Å²) < 4.78 is 5.68. The second kappa shape index (κ2) is 9.02. The molecule has 0 radical (unpaired) electrons. The molecule has 2 aromatic rings. The first-order valence-electron chi connectivity index (χ1n) is 12.5. The van der Waals surface area contributed by atoms with Gasteiger partial charge in [-0.25, -0.2) is 4.79 Å². The summed E-state index contributed by atoms with van der Waals surface area (Å²) in [4.78, 5) is 38.9. The average molecular weight is 477 g/mol. The van der Waals surface area contributed by atoms with E-state index in [2.05, 4.69) is 29.6 Å². The topological polar surface area (TPSA) is 95.9 Å². The fraction of sp³-hybridized carbons (Fsp3) is 0.464. The van der Waals surface area contributed by atoms with Crippen LogP contribution in [0.1, 0.15) is 56.6 Å². The van der Waals surface area contributed by atoms with Crippen molar-refractivity contribution >= 4 is 18.0 Å². The van der Waals surface area contributed by atoms with E-state index in [1.165, 1.54) is 16.0 Å². The molecule has 3 aliphatic carbocycles. The molecule has 4 unspecified atom stereocenters. The molecule has 0 spiro atoms. The first-order chi connectivity index (χ1) is 16.8. The third-order valence-corrected chi connectivity index (χ3v) is 8.19. The highest BCUT2D eigenvalue weighted by atomic mass is 16.5. The van der Waals surface area contributed by atoms with Crippen LogP contribution in [0.15, 0.2) is 48.5 Å². The third kappa shape index (κ3) is 4.17. The number of amides is 2. The van der Waals surface area contributed by atoms with E-state index in [0.29, 0.717) is 12.8 Å². The normalized spacial score (nSPS) is 24.6. The Bertz CT molecular complexity index is 1120. The van der Waals surface area contributed by atoms with Crippen LogP contribution in [-0.4, -0.2) is 53.2 Å². The van der Waals surface area contributed by atoms with Crippen molar-refractivity contribution in [3.05, 3.63) is 59.7 Å². The highest BCUT2D eigenvalue weighted by Gasteiger charge is 2.66. The molecule has 2 fully saturated rings. The second-order valence-corrected chi connectivity index (χ2v) is 10.2. The largest absolute Gasteiger partial charge is 0.480 e. The molecule has 0 aliphatic heterocycles. The Kier molecular flexibility index (Phi) is 6.03. The molecule has 2 aromatic carbocycles. The fourth-order valence-electron chi connectivity index (χ4n) is 6.15. The van der Waals surface area contributed by atoms with Gasteiger partial charge in [0.15, 0.2) is 0 Å². The maximum atomic E-state index is 13.3. The number of fused-ring (bicyclic) bond motifs is 4. The summed E-state index contributed by atoms with van der Waals surface area (Å²) in [6.07, 6.45) is 2.25. The molecule has 3 aliphatic rings. The maximum Gasteiger partial charge on any atom is 0.407 e. The third-order valence-electron chi connectivity index (χ3n) is 8.19. The van der Waals surface area contributed by atoms with Gasteiger partial charge in [0.25, 0.3) is 0 Å². The molecule has 0 saturated heterocycles. The van der Waals surface area contributed by atoms with Crippen molar-refractivity contribution in [3.63, 3.8) is 0 Å². The molecular formula is C28H32N2O5. The van der Waals surface area contributed by atoms with E-state index in [1.54, 1.807) is 0 Å². The second-order valence-electron chi connectivity index (χ2n) is 10.2. The molecule has 5 rings (SSSR count). The van der Waals surface area contributed by atoms with Gasteiger partial charge in [-0.2, -0.15) is 0 Å². The van der Waals surface area contributed by atoms with Crippen molar-refractivity contribution in [1.29, 1.82) is 0 Å². The molecule has 2 N–H and O–H groups in total. The van der Waals surface area contributed by atoms with E-state index in [9.17, 15) is 19.5 Å². The molecule has 2 saturated carbocycles. The lowest BCUT2D eigenvalue weighted by Crippen LogP contribution is -2.46. The number of benzene rings is 2. The Morgan fingerprint density at radius 2 is 1.71 bits per heavy atom. The quantitative estimate of drug-likeness (QED) is 0.589. The first kappa shape index (κ1) is 23.4. The summed E-state index contributed by atoms with van der Waals surface area (Å²) in [5.41, 5.74) is 4.15. The van der Waals surface area contributed by atoms with Gasteiger partial charge in [-0.3, -0.25) is 9.59 Å². The van der Waals surface area contributed by atoms with Gasteiger partial charge in [-0.05, 0) is 60.8 Å². The minimum atomic E-state index is -1.00. The van der Waals surface area contributed by atoms with E-state index in [1.807, 2.05) is 38.1 Å². The van der Waals surface area contributed by atoms with Crippen molar-refractivity contribution in [2.45, 2.75) is 57.5 Å². The fourth-order valence-corrected chi connectivity index (χ4v) is 6.15. The Labute approximate surface area is 205 Å². The van der Waals surface area contributed by atoms with Gasteiger partial charge < -0.3 is 20.1 Å². The number of carboxylic acid groups (broad SMARTS) is 1. The Morgan fingerprint density at radius 3 is 2.31 bits per heavy atom. The van der Waals surface area contributed by atoms with Gasteiger partial charge in [0.1, 0.15) is 13.2 Å². The van der Waals surface area contributed by atoms with Crippen molar-refractivity contribution in [2.24, 2.45) is 11.3 Å². The molecule has 4 atom stereocenters. The number of hydrogen-bond acceptors (Lipinski definition) is 4. The Morgan fingerprint density at radius 1 is 1.09 bits per heavy atom. The van der Waals surface area contributed by atoms with Crippen molar-refractivity contribution in [2.75, 3.05) is 13.2 Å². The number of nitrogens with one attached hydrogen (secondary N) is 1. The van der Waals surface area contributed by atoms with E-state index < -0.39 is 17.5 Å². The lowest BCUT2D eigenvalue weighted by molar-refractivity contribution is -0.149. The number of ether oxygens (including phenoxy) is 1. The zero-order valence-electron chi connectivity index (χ0n) is 20.2. The summed E-state index contributed by atoms with van der Waals surface area (Å²) >= 11 is 0. The van der Waals surface area contributed by atoms with E-state index in [0.717, 1.165) is 24.0 Å². The van der Waals surface area contributed by atoms with Crippen LogP contribution >= 0.6 is 0 Å². The average Bonchev–Trinajstić information content (AvgIpc) is 3.27. The zero-order chi connectivity index (χ0) is 24.7. The van der Waals surface area contributed by atoms with Gasteiger partial charge >= 0.3 is 12.1 Å². The number of nitrogens with zero attached hydrogens (tertiary/aromatic N) is 1. The van der Waals surface area contributed by atoms with Gasteiger partial charge in [-0.1, -0.05) is 55.5 Å². The number of carbonyl (C=O) groups excluding carboxylic acids is 2. The van der Waals surface area contributed by atoms with Crippen LogP contribution < -0.4 is 5.32 Å². The lowest BCUT2D eigenvalue weighted by Gasteiger charge is -2.31. The molecule has 0 bridgehead atoms. The number of aliphatic carboxylic acids is 1. The number of alkyl carbamates (subject to hydrolysis) is 1. The van der Waals surface area contributed by atoms with Crippen LogP contribution in [0.2, 0.25) is 0 Å². The predicted octanol–water partition coefficient (Wildman–Crippen LogP) is 4.41. The van der Waals surface area contributed by atoms with Crippen LogP contribution in [0.3, 0.4) is 0 Å². The predicted molar refractivity (Wildman–Crippen MR) is 131 cm³/mol. The summed E-state index contributed by atoms with van der Waals surface area (Å²) in [5.74, 6) is -0.901. The smallest absolute Gasteiger partial charge is 0.407 e. The lowest BCUT2D eigenvalue weighted by atomic mass is 9.98. The highest BCUT2D eigenvalue weighted by molar-refractivity contribution is 5.89. The molecule has 7 heteroatoms. The van der Waals surface area contributed by atoms with Gasteiger partial charge in [0, 0.05) is 18.0 Å². The van der Waals surface area contributed by atoms with Crippen LogP contribution in [-0.2, 0) is 14.3 Å². The summed E-state index contributed by atoms with van der Waals surface area (Å²) in [7, 11) is 0. The number of carboxylic acids is 1. The van der Waals surface area contributed by atoms with Crippen LogP contribution in [0, 0.1) is 11.3 Å². The highest BCUT2D eigenvalue weighted by Crippen LogP contribution is 2.64. The molecule has 0 aromatic heterocycles. The van der Waals surface area contributed by atoms with Gasteiger partial charge in [-0.15, -0.1) is 0 Å². The monoisotopic (exact) mass is 476 g/mol. The van der Waals surface area contributed by atoms with Crippen molar-refractivity contribution < 1.29 is 24.2 Å². The zero-order valence-corrected chi connectivity index (χ0v) is 20.2. The molecule has 2 amide bonds. The van der Waals surface area contributed by atoms with Gasteiger partial charge in [0.05, 0.1) is 5.41 Å². The number of hydrogen-bond donors (Lipinski definition) is 2. The van der Waals surface area contributed by atoms with Crippen LogP contribution in [0.4, 0.5) is 4.79 Å². The maximum absolute atomic E-state index is 13.3.